The lowest BCUT2D eigenvalue weighted by atomic mass is 9.96. The Balaban J connectivity index is 1.23. The summed E-state index contributed by atoms with van der Waals surface area (Å²) in [6.07, 6.45) is 2.38. The molecular weight excluding hydrogens is 488 g/mol. The van der Waals surface area contributed by atoms with Crippen molar-refractivity contribution < 1.29 is 34.5 Å². The molecule has 3 heterocycles. The van der Waals surface area contributed by atoms with Gasteiger partial charge in [0.2, 0.25) is 0 Å². The van der Waals surface area contributed by atoms with E-state index in [9.17, 15) is 19.6 Å². The standard InChI is InChI=1S/C28H34N4O6/c1-2-37-27(34)19-9-13-31(14-10-19)26(33)20-7-8-25(23(17-20)29-36)30-15-11-22(12-16-30)32-24-6-4-3-5-21(24)18-38-28(32)35/h3-8,17,19,22,29,36H,2,9-16,18H2,1H3/p+1. The van der Waals surface area contributed by atoms with Gasteiger partial charge in [0, 0.05) is 49.4 Å². The molecule has 5 rings (SSSR count). The molecule has 2 aromatic carbocycles. The third-order valence-electron chi connectivity index (χ3n) is 7.78. The highest BCUT2D eigenvalue weighted by Gasteiger charge is 2.35. The minimum Gasteiger partial charge on any atom is -0.466 e. The number of carbonyl (C=O) groups is 3. The van der Waals surface area contributed by atoms with Gasteiger partial charge in [0.1, 0.15) is 12.3 Å². The molecule has 0 unspecified atom stereocenters. The molecule has 10 heteroatoms. The van der Waals surface area contributed by atoms with Crippen molar-refractivity contribution in [3.63, 3.8) is 0 Å². The number of piperidine rings is 2. The number of fused-ring (bicyclic) bond motifs is 1. The number of likely N-dealkylation sites (tertiary alicyclic amines) is 1. The predicted octanol–water partition coefficient (Wildman–Crippen LogP) is 2.81. The summed E-state index contributed by atoms with van der Waals surface area (Å²) >= 11 is 0. The van der Waals surface area contributed by atoms with Crippen LogP contribution in [0.1, 0.15) is 48.5 Å². The highest BCUT2D eigenvalue weighted by atomic mass is 16.6. The quantitative estimate of drug-likeness (QED) is 0.340. The van der Waals surface area contributed by atoms with E-state index in [4.69, 9.17) is 9.47 Å². The monoisotopic (exact) mass is 523 g/mol. The summed E-state index contributed by atoms with van der Waals surface area (Å²) in [5, 5.41) is 10.0. The first-order valence-electron chi connectivity index (χ1n) is 13.4. The molecule has 0 aliphatic carbocycles. The lowest BCUT2D eigenvalue weighted by Crippen LogP contribution is -2.74. The summed E-state index contributed by atoms with van der Waals surface area (Å²) in [6, 6.07) is 13.3. The maximum absolute atomic E-state index is 13.2. The van der Waals surface area contributed by atoms with Gasteiger partial charge in [-0.3, -0.25) is 14.5 Å². The Hall–Kier alpha value is -3.63. The molecule has 3 aliphatic heterocycles. The molecule has 0 saturated carbocycles. The Morgan fingerprint density at radius 2 is 1.76 bits per heavy atom. The average molecular weight is 524 g/mol. The third-order valence-corrected chi connectivity index (χ3v) is 7.78. The third kappa shape index (κ3) is 5.19. The van der Waals surface area contributed by atoms with Crippen LogP contribution in [0.3, 0.4) is 0 Å². The van der Waals surface area contributed by atoms with Crippen LogP contribution in [0.2, 0.25) is 0 Å². The van der Waals surface area contributed by atoms with E-state index in [-0.39, 0.29) is 29.9 Å². The maximum Gasteiger partial charge on any atom is 0.414 e. The van der Waals surface area contributed by atoms with Gasteiger partial charge in [0.15, 0.2) is 5.69 Å². The molecule has 202 valence electrons. The van der Waals surface area contributed by atoms with Gasteiger partial charge >= 0.3 is 12.1 Å². The van der Waals surface area contributed by atoms with E-state index in [1.54, 1.807) is 28.9 Å². The molecule has 0 spiro atoms. The van der Waals surface area contributed by atoms with E-state index in [0.29, 0.717) is 63.5 Å². The first kappa shape index (κ1) is 26.0. The van der Waals surface area contributed by atoms with E-state index < -0.39 is 0 Å². The molecule has 0 bridgehead atoms. The van der Waals surface area contributed by atoms with Crippen molar-refractivity contribution in [2.75, 3.05) is 42.6 Å². The molecule has 2 saturated heterocycles. The van der Waals surface area contributed by atoms with Gasteiger partial charge in [-0.05, 0) is 50.8 Å². The van der Waals surface area contributed by atoms with Crippen LogP contribution in [0, 0.1) is 5.92 Å². The first-order chi connectivity index (χ1) is 18.5. The number of nitrogens with two attached hydrogens (primary N) is 1. The van der Waals surface area contributed by atoms with Gasteiger partial charge < -0.3 is 19.3 Å². The number of nitrogens with zero attached hydrogens (tertiary/aromatic N) is 3. The molecule has 0 radical (unpaired) electrons. The zero-order chi connectivity index (χ0) is 26.6. The fourth-order valence-electron chi connectivity index (χ4n) is 5.73. The zero-order valence-corrected chi connectivity index (χ0v) is 21.7. The number of hydrogen-bond acceptors (Lipinski definition) is 7. The fourth-order valence-corrected chi connectivity index (χ4v) is 5.73. The van der Waals surface area contributed by atoms with E-state index >= 15 is 0 Å². The maximum atomic E-state index is 13.2. The number of carbonyl (C=O) groups excluding carboxylic acids is 3. The Bertz CT molecular complexity index is 1190. The number of benzene rings is 2. The average Bonchev–Trinajstić information content (AvgIpc) is 2.97. The second-order valence-electron chi connectivity index (χ2n) is 9.99. The van der Waals surface area contributed by atoms with Crippen molar-refractivity contribution in [1.29, 1.82) is 0 Å². The summed E-state index contributed by atoms with van der Waals surface area (Å²) in [5.74, 6) is -0.458. The predicted molar refractivity (Wildman–Crippen MR) is 139 cm³/mol. The van der Waals surface area contributed by atoms with Crippen molar-refractivity contribution in [1.82, 2.24) is 4.90 Å². The summed E-state index contributed by atoms with van der Waals surface area (Å²) < 4.78 is 10.5. The second-order valence-corrected chi connectivity index (χ2v) is 9.99. The molecule has 10 nitrogen and oxygen atoms in total. The lowest BCUT2D eigenvalue weighted by molar-refractivity contribution is -0.825. The van der Waals surface area contributed by atoms with Gasteiger partial charge in [0.05, 0.1) is 18.2 Å². The van der Waals surface area contributed by atoms with Crippen LogP contribution in [0.15, 0.2) is 42.5 Å². The molecule has 38 heavy (non-hydrogen) atoms. The SMILES string of the molecule is CCOC(=O)C1CCN(C(=O)c2ccc(N3CCC(N4C(=O)OCc5ccccc54)CC3)c([NH2+]O)c2)CC1. The van der Waals surface area contributed by atoms with Crippen molar-refractivity contribution >= 4 is 35.0 Å². The van der Waals surface area contributed by atoms with E-state index in [2.05, 4.69) is 4.90 Å². The Morgan fingerprint density at radius 1 is 1.03 bits per heavy atom. The van der Waals surface area contributed by atoms with E-state index in [1.807, 2.05) is 30.3 Å². The Morgan fingerprint density at radius 3 is 2.47 bits per heavy atom. The van der Waals surface area contributed by atoms with Gasteiger partial charge in [-0.25, -0.2) is 10.0 Å². The van der Waals surface area contributed by atoms with Crippen molar-refractivity contribution in [2.45, 2.75) is 45.3 Å². The molecule has 3 aliphatic rings. The molecule has 3 N–H and O–H groups in total. The van der Waals surface area contributed by atoms with Crippen LogP contribution in [-0.2, 0) is 20.9 Å². The topological polar surface area (TPSA) is 116 Å². The van der Waals surface area contributed by atoms with Crippen LogP contribution < -0.4 is 15.3 Å². The highest BCUT2D eigenvalue weighted by Crippen LogP contribution is 2.34. The summed E-state index contributed by atoms with van der Waals surface area (Å²) in [7, 11) is 0. The molecule has 2 aromatic rings. The Labute approximate surface area is 222 Å². The van der Waals surface area contributed by atoms with Crippen LogP contribution in [0.4, 0.5) is 21.9 Å². The van der Waals surface area contributed by atoms with Gasteiger partial charge in [-0.1, -0.05) is 18.2 Å². The largest absolute Gasteiger partial charge is 0.466 e. The minimum atomic E-state index is -0.305. The van der Waals surface area contributed by atoms with Gasteiger partial charge in [0.25, 0.3) is 5.91 Å². The van der Waals surface area contributed by atoms with Crippen molar-refractivity contribution in [2.24, 2.45) is 5.92 Å². The Kier molecular flexibility index (Phi) is 7.80. The number of esters is 1. The zero-order valence-electron chi connectivity index (χ0n) is 21.7. The lowest BCUT2D eigenvalue weighted by Gasteiger charge is -2.40. The van der Waals surface area contributed by atoms with Crippen LogP contribution in [0.5, 0.6) is 0 Å². The number of para-hydroxylation sites is 1. The summed E-state index contributed by atoms with van der Waals surface area (Å²) in [6.45, 7) is 4.85. The van der Waals surface area contributed by atoms with E-state index in [0.717, 1.165) is 35.3 Å². The highest BCUT2D eigenvalue weighted by molar-refractivity contribution is 5.96. The summed E-state index contributed by atoms with van der Waals surface area (Å²) in [5.41, 5.74) is 4.91. The van der Waals surface area contributed by atoms with Crippen LogP contribution in [-0.4, -0.2) is 66.9 Å². The number of rotatable bonds is 6. The van der Waals surface area contributed by atoms with Crippen LogP contribution in [0.25, 0.3) is 0 Å². The number of anilines is 2. The minimum absolute atomic E-state index is 0.0279. The number of quaternary nitrogens is 1. The molecule has 2 amide bonds. The summed E-state index contributed by atoms with van der Waals surface area (Å²) in [4.78, 5) is 43.5. The van der Waals surface area contributed by atoms with Crippen LogP contribution >= 0.6 is 0 Å². The molecule has 2 fully saturated rings. The molecular formula is C28H35N4O6+. The smallest absolute Gasteiger partial charge is 0.414 e. The number of cyclic esters (lactones) is 1. The number of hydrogen-bond donors (Lipinski definition) is 2. The second kappa shape index (κ2) is 11.4. The first-order valence-corrected chi connectivity index (χ1v) is 13.4. The van der Waals surface area contributed by atoms with Gasteiger partial charge in [-0.15, -0.1) is 0 Å². The van der Waals surface area contributed by atoms with Crippen molar-refractivity contribution in [3.05, 3.63) is 53.6 Å². The number of amides is 2. The fraction of sp³-hybridized carbons (Fsp3) is 0.464. The molecule has 0 atom stereocenters. The van der Waals surface area contributed by atoms with Crippen molar-refractivity contribution in [3.8, 4) is 0 Å². The number of ether oxygens (including phenoxy) is 2. The van der Waals surface area contributed by atoms with Gasteiger partial charge in [-0.2, -0.15) is 5.48 Å². The molecule has 0 aromatic heterocycles. The normalized spacial score (nSPS) is 18.7. The van der Waals surface area contributed by atoms with E-state index in [1.165, 1.54) is 0 Å².